The van der Waals surface area contributed by atoms with E-state index in [-0.39, 0.29) is 5.56 Å². The number of benzene rings is 2. The molecule has 1 unspecified atom stereocenters. The predicted molar refractivity (Wildman–Crippen MR) is 152 cm³/mol. The lowest BCUT2D eigenvalue weighted by molar-refractivity contribution is -0.289. The first-order valence-corrected chi connectivity index (χ1v) is 15.7. The molecule has 12 heteroatoms. The van der Waals surface area contributed by atoms with Gasteiger partial charge >= 0.3 is 6.18 Å². The first-order valence-electron chi connectivity index (χ1n) is 13.0. The standard InChI is InChI=1S/C29H26ClF3N2O4S2/c1-27(2)38-16-28(39-27,29(31,32)33)18-12-13-34-23(15-18)21-8-5-6-17-14-24(40-26(17)21)25(20-7-3-4-9-22(20)30)35-41(36,37)19-10-11-19/h3-9,12-15,19,25,35H,10-11,16H2,1-2H3/t25-,28?/m1/s1. The molecule has 6 rings (SSSR count). The van der Waals surface area contributed by atoms with Crippen LogP contribution in [0.5, 0.6) is 0 Å². The molecule has 0 bridgehead atoms. The Kier molecular flexibility index (Phi) is 6.99. The molecule has 41 heavy (non-hydrogen) atoms. The monoisotopic (exact) mass is 622 g/mol. The Morgan fingerprint density at radius 1 is 1.10 bits per heavy atom. The number of fused-ring (bicyclic) bond motifs is 1. The fraction of sp³-hybridized carbons (Fsp3) is 0.345. The predicted octanol–water partition coefficient (Wildman–Crippen LogP) is 7.33. The Hall–Kier alpha value is -2.54. The van der Waals surface area contributed by atoms with Crippen LogP contribution in [0.1, 0.15) is 48.7 Å². The van der Waals surface area contributed by atoms with E-state index in [9.17, 15) is 21.6 Å². The molecule has 2 aliphatic rings. The molecule has 2 atom stereocenters. The Balaban J connectivity index is 1.45. The molecule has 1 aliphatic carbocycles. The lowest BCUT2D eigenvalue weighted by atomic mass is 9.93. The van der Waals surface area contributed by atoms with Crippen LogP contribution in [0.25, 0.3) is 21.3 Å². The number of rotatable bonds is 7. The molecule has 2 fully saturated rings. The van der Waals surface area contributed by atoms with Crippen LogP contribution in [-0.4, -0.2) is 37.2 Å². The van der Waals surface area contributed by atoms with Gasteiger partial charge in [-0.25, -0.2) is 13.1 Å². The van der Waals surface area contributed by atoms with Gasteiger partial charge in [0.2, 0.25) is 15.6 Å². The average Bonchev–Trinajstić information content (AvgIpc) is 3.60. The van der Waals surface area contributed by atoms with Gasteiger partial charge in [-0.2, -0.15) is 13.2 Å². The normalized spacial score (nSPS) is 21.8. The van der Waals surface area contributed by atoms with E-state index in [1.165, 1.54) is 43.5 Å². The number of ether oxygens (including phenoxy) is 2. The molecule has 1 saturated heterocycles. The minimum atomic E-state index is -4.73. The van der Waals surface area contributed by atoms with E-state index in [1.54, 1.807) is 36.4 Å². The Labute approximate surface area is 244 Å². The van der Waals surface area contributed by atoms with Gasteiger partial charge in [0.1, 0.15) is 0 Å². The number of alkyl halides is 3. The van der Waals surface area contributed by atoms with Crippen molar-refractivity contribution in [3.05, 3.63) is 87.9 Å². The summed E-state index contributed by atoms with van der Waals surface area (Å²) in [6, 6.07) is 16.3. The number of thiophene rings is 1. The van der Waals surface area contributed by atoms with Gasteiger partial charge in [0.15, 0.2) is 5.79 Å². The number of hydrogen-bond donors (Lipinski definition) is 1. The van der Waals surface area contributed by atoms with Crippen molar-refractivity contribution >= 4 is 43.0 Å². The Morgan fingerprint density at radius 2 is 1.85 bits per heavy atom. The van der Waals surface area contributed by atoms with Gasteiger partial charge in [-0.1, -0.05) is 48.0 Å². The van der Waals surface area contributed by atoms with Crippen LogP contribution >= 0.6 is 22.9 Å². The van der Waals surface area contributed by atoms with Crippen LogP contribution in [-0.2, 0) is 25.1 Å². The summed E-state index contributed by atoms with van der Waals surface area (Å²) in [7, 11) is -3.59. The highest BCUT2D eigenvalue weighted by atomic mass is 35.5. The maximum absolute atomic E-state index is 14.4. The van der Waals surface area contributed by atoms with Crippen molar-refractivity contribution in [1.82, 2.24) is 9.71 Å². The average molecular weight is 623 g/mol. The second kappa shape index (κ2) is 10.0. The summed E-state index contributed by atoms with van der Waals surface area (Å²) in [4.78, 5) is 5.10. The van der Waals surface area contributed by atoms with Gasteiger partial charge in [-0.3, -0.25) is 4.98 Å². The number of sulfonamides is 1. The fourth-order valence-corrected chi connectivity index (χ4v) is 8.18. The van der Waals surface area contributed by atoms with E-state index >= 15 is 0 Å². The molecule has 0 radical (unpaired) electrons. The quantitative estimate of drug-likeness (QED) is 0.234. The van der Waals surface area contributed by atoms with E-state index < -0.39 is 45.5 Å². The lowest BCUT2D eigenvalue weighted by Crippen LogP contribution is -2.45. The maximum Gasteiger partial charge on any atom is 0.424 e. The minimum absolute atomic E-state index is 0.111. The highest BCUT2D eigenvalue weighted by Crippen LogP contribution is 2.50. The summed E-state index contributed by atoms with van der Waals surface area (Å²) in [6.07, 6.45) is -2.19. The lowest BCUT2D eigenvalue weighted by Gasteiger charge is -2.31. The number of nitrogens with one attached hydrogen (secondary N) is 1. The van der Waals surface area contributed by atoms with Crippen molar-refractivity contribution < 1.29 is 31.1 Å². The first-order chi connectivity index (χ1) is 19.3. The van der Waals surface area contributed by atoms with Crippen molar-refractivity contribution in [2.24, 2.45) is 0 Å². The Morgan fingerprint density at radius 3 is 2.51 bits per heavy atom. The number of nitrogens with zero attached hydrogens (tertiary/aromatic N) is 1. The topological polar surface area (TPSA) is 77.5 Å². The van der Waals surface area contributed by atoms with Crippen molar-refractivity contribution in [3.63, 3.8) is 0 Å². The van der Waals surface area contributed by atoms with Crippen molar-refractivity contribution in [3.8, 4) is 11.3 Å². The second-order valence-corrected chi connectivity index (χ2v) is 14.2. The molecule has 1 N–H and O–H groups in total. The van der Waals surface area contributed by atoms with Gasteiger partial charge in [-0.05, 0) is 67.5 Å². The molecule has 2 aromatic carbocycles. The molecule has 0 spiro atoms. The number of aromatic nitrogens is 1. The SMILES string of the molecule is CC1(C)OCC(c2ccnc(-c3cccc4cc([C@H](NS(=O)(=O)C5CC5)c5ccccc5Cl)sc34)c2)(C(F)(F)F)O1. The van der Waals surface area contributed by atoms with Crippen LogP contribution in [0.4, 0.5) is 13.2 Å². The largest absolute Gasteiger partial charge is 0.424 e. The van der Waals surface area contributed by atoms with Gasteiger partial charge < -0.3 is 9.47 Å². The second-order valence-electron chi connectivity index (χ2n) is 10.7. The summed E-state index contributed by atoms with van der Waals surface area (Å²) in [5.41, 5.74) is -1.20. The molecule has 6 nitrogen and oxygen atoms in total. The van der Waals surface area contributed by atoms with Crippen LogP contribution in [0.3, 0.4) is 0 Å². The highest BCUT2D eigenvalue weighted by Gasteiger charge is 2.64. The van der Waals surface area contributed by atoms with E-state index in [0.717, 1.165) is 10.1 Å². The van der Waals surface area contributed by atoms with E-state index in [1.807, 2.05) is 12.1 Å². The van der Waals surface area contributed by atoms with Gasteiger partial charge in [0.25, 0.3) is 0 Å². The molecule has 0 amide bonds. The van der Waals surface area contributed by atoms with Crippen molar-refractivity contribution in [2.45, 2.75) is 55.5 Å². The number of halogens is 4. The van der Waals surface area contributed by atoms with E-state index in [0.29, 0.717) is 39.6 Å². The first kappa shape index (κ1) is 28.6. The van der Waals surface area contributed by atoms with Crippen LogP contribution in [0.2, 0.25) is 5.02 Å². The molecule has 216 valence electrons. The Bertz CT molecular complexity index is 1740. The zero-order valence-electron chi connectivity index (χ0n) is 22.0. The zero-order valence-corrected chi connectivity index (χ0v) is 24.4. The van der Waals surface area contributed by atoms with Crippen LogP contribution < -0.4 is 4.72 Å². The number of pyridine rings is 1. The van der Waals surface area contributed by atoms with E-state index in [4.69, 9.17) is 21.1 Å². The van der Waals surface area contributed by atoms with Crippen LogP contribution in [0.15, 0.2) is 66.9 Å². The molecule has 4 aromatic rings. The van der Waals surface area contributed by atoms with Gasteiger partial charge in [0.05, 0.1) is 23.6 Å². The summed E-state index contributed by atoms with van der Waals surface area (Å²) < 4.78 is 83.7. The molecular formula is C29H26ClF3N2O4S2. The number of hydrogen-bond acceptors (Lipinski definition) is 6. The van der Waals surface area contributed by atoms with Crippen LogP contribution in [0, 0.1) is 0 Å². The van der Waals surface area contributed by atoms with Gasteiger partial charge in [0, 0.05) is 26.4 Å². The minimum Gasteiger partial charge on any atom is -0.347 e. The highest BCUT2D eigenvalue weighted by molar-refractivity contribution is 7.90. The molecular weight excluding hydrogens is 597 g/mol. The summed E-state index contributed by atoms with van der Waals surface area (Å²) in [6.45, 7) is 2.22. The fourth-order valence-electron chi connectivity index (χ4n) is 5.08. The summed E-state index contributed by atoms with van der Waals surface area (Å²) in [5.74, 6) is -1.41. The third kappa shape index (κ3) is 5.28. The molecule has 2 aromatic heterocycles. The van der Waals surface area contributed by atoms with Crippen molar-refractivity contribution in [1.29, 1.82) is 0 Å². The third-order valence-electron chi connectivity index (χ3n) is 7.31. The molecule has 1 aliphatic heterocycles. The smallest absolute Gasteiger partial charge is 0.347 e. The third-order valence-corrected chi connectivity index (χ3v) is 10.8. The maximum atomic E-state index is 14.4. The zero-order chi connectivity index (χ0) is 29.2. The van der Waals surface area contributed by atoms with Gasteiger partial charge in [-0.15, -0.1) is 11.3 Å². The summed E-state index contributed by atoms with van der Waals surface area (Å²) in [5, 5.41) is 0.781. The summed E-state index contributed by atoms with van der Waals surface area (Å²) >= 11 is 7.86. The van der Waals surface area contributed by atoms with E-state index in [2.05, 4.69) is 9.71 Å². The van der Waals surface area contributed by atoms with Crippen molar-refractivity contribution in [2.75, 3.05) is 6.61 Å². The molecule has 1 saturated carbocycles. The molecule has 3 heterocycles.